The van der Waals surface area contributed by atoms with E-state index in [9.17, 15) is 4.79 Å². The highest BCUT2D eigenvalue weighted by Crippen LogP contribution is 2.21. The normalized spacial score (nSPS) is 19.6. The van der Waals surface area contributed by atoms with Gasteiger partial charge in [0.2, 0.25) is 5.91 Å². The molecule has 1 aromatic rings. The Bertz CT molecular complexity index is 431. The summed E-state index contributed by atoms with van der Waals surface area (Å²) in [6, 6.07) is 8.38. The molecule has 104 valence electrons. The zero-order valence-corrected chi connectivity index (χ0v) is 11.7. The summed E-state index contributed by atoms with van der Waals surface area (Å²) in [5.74, 6) is 0.0119. The Balaban J connectivity index is 1.86. The van der Waals surface area contributed by atoms with Crippen LogP contribution in [0.25, 0.3) is 0 Å². The molecule has 19 heavy (non-hydrogen) atoms. The fourth-order valence-corrected chi connectivity index (χ4v) is 2.68. The van der Waals surface area contributed by atoms with Crippen LogP contribution in [0.2, 0.25) is 0 Å². The van der Waals surface area contributed by atoms with E-state index >= 15 is 0 Å². The SMILES string of the molecule is CCCC[C@H](N)C(=O)NC1CCc2ccccc2C1. The maximum atomic E-state index is 12.0. The van der Waals surface area contributed by atoms with Gasteiger partial charge in [0, 0.05) is 6.04 Å². The average molecular weight is 260 g/mol. The zero-order chi connectivity index (χ0) is 13.7. The lowest BCUT2D eigenvalue weighted by atomic mass is 9.88. The van der Waals surface area contributed by atoms with E-state index in [0.29, 0.717) is 0 Å². The molecular formula is C16H24N2O. The van der Waals surface area contributed by atoms with Gasteiger partial charge in [0.1, 0.15) is 0 Å². The Morgan fingerprint density at radius 3 is 2.89 bits per heavy atom. The predicted molar refractivity (Wildman–Crippen MR) is 77.9 cm³/mol. The van der Waals surface area contributed by atoms with Crippen LogP contribution < -0.4 is 11.1 Å². The molecule has 0 fully saturated rings. The van der Waals surface area contributed by atoms with E-state index in [-0.39, 0.29) is 18.0 Å². The van der Waals surface area contributed by atoms with Crippen LogP contribution >= 0.6 is 0 Å². The highest BCUT2D eigenvalue weighted by Gasteiger charge is 2.22. The summed E-state index contributed by atoms with van der Waals surface area (Å²) >= 11 is 0. The standard InChI is InChI=1S/C16H24N2O/c1-2-3-8-15(17)16(19)18-14-10-9-12-6-4-5-7-13(12)11-14/h4-7,14-15H,2-3,8-11,17H2,1H3,(H,18,19)/t14?,15-/m0/s1. The van der Waals surface area contributed by atoms with E-state index in [1.54, 1.807) is 0 Å². The fraction of sp³-hybridized carbons (Fsp3) is 0.562. The highest BCUT2D eigenvalue weighted by molar-refractivity contribution is 5.81. The molecule has 0 heterocycles. The van der Waals surface area contributed by atoms with Gasteiger partial charge in [-0.2, -0.15) is 0 Å². The smallest absolute Gasteiger partial charge is 0.237 e. The number of amides is 1. The van der Waals surface area contributed by atoms with Gasteiger partial charge in [-0.1, -0.05) is 44.0 Å². The Labute approximate surface area is 115 Å². The summed E-state index contributed by atoms with van der Waals surface area (Å²) in [4.78, 5) is 12.0. The molecule has 3 N–H and O–H groups in total. The van der Waals surface area contributed by atoms with E-state index in [1.807, 2.05) is 0 Å². The monoisotopic (exact) mass is 260 g/mol. The molecule has 0 saturated heterocycles. The van der Waals surface area contributed by atoms with Crippen LogP contribution in [0.3, 0.4) is 0 Å². The van der Waals surface area contributed by atoms with Crippen molar-refractivity contribution in [2.75, 3.05) is 0 Å². The summed E-state index contributed by atoms with van der Waals surface area (Å²) in [6.45, 7) is 2.11. The summed E-state index contributed by atoms with van der Waals surface area (Å²) in [5, 5.41) is 3.10. The predicted octanol–water partition coefficient (Wildman–Crippen LogP) is 2.18. The number of hydrogen-bond acceptors (Lipinski definition) is 2. The van der Waals surface area contributed by atoms with Gasteiger partial charge in [0.25, 0.3) is 0 Å². The van der Waals surface area contributed by atoms with Gasteiger partial charge in [0.05, 0.1) is 6.04 Å². The van der Waals surface area contributed by atoms with Crippen LogP contribution in [0.5, 0.6) is 0 Å². The van der Waals surface area contributed by atoms with Crippen molar-refractivity contribution in [3.05, 3.63) is 35.4 Å². The molecular weight excluding hydrogens is 236 g/mol. The number of fused-ring (bicyclic) bond motifs is 1. The van der Waals surface area contributed by atoms with Crippen LogP contribution in [0.15, 0.2) is 24.3 Å². The number of rotatable bonds is 5. The molecule has 0 aromatic heterocycles. The van der Waals surface area contributed by atoms with Gasteiger partial charge < -0.3 is 11.1 Å². The third-order valence-corrected chi connectivity index (χ3v) is 3.90. The van der Waals surface area contributed by atoms with Crippen molar-refractivity contribution in [2.24, 2.45) is 5.73 Å². The lowest BCUT2D eigenvalue weighted by molar-refractivity contribution is -0.123. The summed E-state index contributed by atoms with van der Waals surface area (Å²) < 4.78 is 0. The molecule has 1 aliphatic carbocycles. The van der Waals surface area contributed by atoms with Crippen molar-refractivity contribution in [3.8, 4) is 0 Å². The second-order valence-corrected chi connectivity index (χ2v) is 5.47. The van der Waals surface area contributed by atoms with Gasteiger partial charge in [-0.25, -0.2) is 0 Å². The summed E-state index contributed by atoms with van der Waals surface area (Å²) in [5.41, 5.74) is 8.68. The molecule has 3 nitrogen and oxygen atoms in total. The minimum atomic E-state index is -0.350. The molecule has 2 atom stereocenters. The quantitative estimate of drug-likeness (QED) is 0.852. The molecule has 3 heteroatoms. The molecule has 1 amide bonds. The second kappa shape index (κ2) is 6.71. The van der Waals surface area contributed by atoms with Crippen molar-refractivity contribution in [1.82, 2.24) is 5.32 Å². The Hall–Kier alpha value is -1.35. The van der Waals surface area contributed by atoms with E-state index in [4.69, 9.17) is 5.73 Å². The van der Waals surface area contributed by atoms with Gasteiger partial charge in [-0.3, -0.25) is 4.79 Å². The number of carbonyl (C=O) groups excluding carboxylic acids is 1. The van der Waals surface area contributed by atoms with Crippen molar-refractivity contribution in [1.29, 1.82) is 0 Å². The first-order valence-corrected chi connectivity index (χ1v) is 7.33. The Kier molecular flexibility index (Phi) is 4.97. The molecule has 1 aromatic carbocycles. The first kappa shape index (κ1) is 14.1. The maximum Gasteiger partial charge on any atom is 0.237 e. The number of aryl methyl sites for hydroxylation is 1. The van der Waals surface area contributed by atoms with Crippen LogP contribution in [0.1, 0.15) is 43.7 Å². The first-order chi connectivity index (χ1) is 9.20. The van der Waals surface area contributed by atoms with Gasteiger partial charge in [-0.15, -0.1) is 0 Å². The average Bonchev–Trinajstić information content (AvgIpc) is 2.44. The molecule has 1 aliphatic rings. The van der Waals surface area contributed by atoms with Crippen molar-refractivity contribution in [2.45, 2.75) is 57.5 Å². The van der Waals surface area contributed by atoms with Gasteiger partial charge in [0.15, 0.2) is 0 Å². The number of benzene rings is 1. The van der Waals surface area contributed by atoms with Crippen LogP contribution in [0, 0.1) is 0 Å². The largest absolute Gasteiger partial charge is 0.352 e. The number of carbonyl (C=O) groups is 1. The fourth-order valence-electron chi connectivity index (χ4n) is 2.68. The first-order valence-electron chi connectivity index (χ1n) is 7.33. The number of unbranched alkanes of at least 4 members (excludes halogenated alkanes) is 1. The molecule has 0 aliphatic heterocycles. The Morgan fingerprint density at radius 2 is 2.16 bits per heavy atom. The molecule has 0 saturated carbocycles. The third kappa shape index (κ3) is 3.80. The van der Waals surface area contributed by atoms with Crippen molar-refractivity contribution < 1.29 is 4.79 Å². The minimum absolute atomic E-state index is 0.0119. The molecule has 2 rings (SSSR count). The van der Waals surface area contributed by atoms with Gasteiger partial charge in [-0.05, 0) is 36.8 Å². The molecule has 0 bridgehead atoms. The second-order valence-electron chi connectivity index (χ2n) is 5.47. The van der Waals surface area contributed by atoms with Crippen LogP contribution in [0.4, 0.5) is 0 Å². The third-order valence-electron chi connectivity index (χ3n) is 3.90. The maximum absolute atomic E-state index is 12.0. The van der Waals surface area contributed by atoms with Crippen LogP contribution in [-0.4, -0.2) is 18.0 Å². The lowest BCUT2D eigenvalue weighted by Gasteiger charge is -2.26. The van der Waals surface area contributed by atoms with E-state index in [1.165, 1.54) is 11.1 Å². The minimum Gasteiger partial charge on any atom is -0.352 e. The van der Waals surface area contributed by atoms with Crippen molar-refractivity contribution in [3.63, 3.8) is 0 Å². The number of hydrogen-bond donors (Lipinski definition) is 2. The van der Waals surface area contributed by atoms with E-state index in [2.05, 4.69) is 36.5 Å². The van der Waals surface area contributed by atoms with E-state index < -0.39 is 0 Å². The topological polar surface area (TPSA) is 55.1 Å². The molecule has 0 spiro atoms. The Morgan fingerprint density at radius 1 is 1.42 bits per heavy atom. The lowest BCUT2D eigenvalue weighted by Crippen LogP contribution is -2.47. The number of nitrogens with one attached hydrogen (secondary N) is 1. The van der Waals surface area contributed by atoms with Gasteiger partial charge >= 0.3 is 0 Å². The van der Waals surface area contributed by atoms with Crippen molar-refractivity contribution >= 4 is 5.91 Å². The highest BCUT2D eigenvalue weighted by atomic mass is 16.2. The van der Waals surface area contributed by atoms with E-state index in [0.717, 1.165) is 38.5 Å². The number of nitrogens with two attached hydrogens (primary N) is 1. The van der Waals surface area contributed by atoms with Crippen LogP contribution in [-0.2, 0) is 17.6 Å². The summed E-state index contributed by atoms with van der Waals surface area (Å²) in [7, 11) is 0. The zero-order valence-electron chi connectivity index (χ0n) is 11.7. The molecule has 1 unspecified atom stereocenters. The molecule has 0 radical (unpaired) electrons. The summed E-state index contributed by atoms with van der Waals surface area (Å²) in [6.07, 6.45) is 5.88.